The van der Waals surface area contributed by atoms with Gasteiger partial charge in [0.2, 0.25) is 0 Å². The third-order valence-corrected chi connectivity index (χ3v) is 4.35. The molecule has 3 rings (SSSR count). The van der Waals surface area contributed by atoms with Crippen LogP contribution in [0, 0.1) is 17.1 Å². The van der Waals surface area contributed by atoms with E-state index in [-0.39, 0.29) is 16.3 Å². The number of esters is 1. The Morgan fingerprint density at radius 2 is 1.79 bits per heavy atom. The van der Waals surface area contributed by atoms with Gasteiger partial charge in [-0.15, -0.1) is 0 Å². The van der Waals surface area contributed by atoms with Crippen molar-refractivity contribution in [2.45, 2.75) is 0 Å². The van der Waals surface area contributed by atoms with Gasteiger partial charge in [-0.3, -0.25) is 0 Å². The van der Waals surface area contributed by atoms with Gasteiger partial charge in [0.1, 0.15) is 17.1 Å². The van der Waals surface area contributed by atoms with Crippen molar-refractivity contribution < 1.29 is 13.9 Å². The first-order chi connectivity index (χ1) is 13.5. The highest BCUT2D eigenvalue weighted by molar-refractivity contribution is 6.33. The molecule has 0 aliphatic carbocycles. The molecule has 0 fully saturated rings. The fourth-order valence-electron chi connectivity index (χ4n) is 2.52. The maximum absolute atomic E-state index is 13.9. The van der Waals surface area contributed by atoms with Gasteiger partial charge in [-0.05, 0) is 53.6 Å². The molecule has 138 valence electrons. The molecule has 0 unspecified atom stereocenters. The van der Waals surface area contributed by atoms with E-state index in [1.807, 2.05) is 0 Å². The summed E-state index contributed by atoms with van der Waals surface area (Å²) in [5, 5.41) is 9.94. The molecule has 0 aliphatic heterocycles. The van der Waals surface area contributed by atoms with Crippen LogP contribution in [0.15, 0.2) is 66.7 Å². The van der Waals surface area contributed by atoms with Crippen molar-refractivity contribution in [2.75, 3.05) is 0 Å². The zero-order valence-corrected chi connectivity index (χ0v) is 15.8. The van der Waals surface area contributed by atoms with E-state index in [1.165, 1.54) is 12.1 Å². The fourth-order valence-corrected chi connectivity index (χ4v) is 2.95. The smallest absolute Gasteiger partial charge is 0.348 e. The Balaban J connectivity index is 1.88. The second-order valence-electron chi connectivity index (χ2n) is 5.74. The van der Waals surface area contributed by atoms with Crippen molar-refractivity contribution >= 4 is 40.8 Å². The molecule has 0 radical (unpaired) electrons. The number of ether oxygens (including phenoxy) is 1. The molecule has 0 spiro atoms. The third-order valence-electron chi connectivity index (χ3n) is 3.80. The van der Waals surface area contributed by atoms with Crippen LogP contribution in [0.1, 0.15) is 21.5 Å². The number of nitriles is 1. The minimum absolute atomic E-state index is 0.0335. The average Bonchev–Trinajstić information content (AvgIpc) is 2.66. The molecule has 28 heavy (non-hydrogen) atoms. The molecule has 3 aromatic rings. The summed E-state index contributed by atoms with van der Waals surface area (Å²) >= 11 is 11.9. The van der Waals surface area contributed by atoms with Gasteiger partial charge in [0.15, 0.2) is 0 Å². The normalized spacial score (nSPS) is 11.0. The minimum Gasteiger partial charge on any atom is -0.423 e. The molecule has 0 heterocycles. The van der Waals surface area contributed by atoms with E-state index in [1.54, 1.807) is 54.6 Å². The Labute approximate surface area is 171 Å². The Kier molecular flexibility index (Phi) is 6.10. The number of hydrogen-bond acceptors (Lipinski definition) is 3. The van der Waals surface area contributed by atoms with Crippen molar-refractivity contribution in [1.82, 2.24) is 0 Å². The van der Waals surface area contributed by atoms with E-state index in [0.29, 0.717) is 21.7 Å². The predicted octanol–water partition coefficient (Wildman–Crippen LogP) is 6.42. The molecule has 0 saturated heterocycles. The van der Waals surface area contributed by atoms with Crippen LogP contribution in [0.3, 0.4) is 0 Å². The quantitative estimate of drug-likeness (QED) is 0.215. The number of benzene rings is 3. The van der Waals surface area contributed by atoms with Crippen LogP contribution in [0.25, 0.3) is 11.6 Å². The number of halogens is 3. The summed E-state index contributed by atoms with van der Waals surface area (Å²) in [6, 6.07) is 19.5. The number of nitrogens with zero attached hydrogens (tertiary/aromatic N) is 1. The molecule has 6 heteroatoms. The first-order valence-electron chi connectivity index (χ1n) is 8.12. The number of carbonyl (C=O) groups excluding carboxylic acids is 1. The van der Waals surface area contributed by atoms with Crippen molar-refractivity contribution in [1.29, 1.82) is 5.26 Å². The molecule has 0 aromatic heterocycles. The van der Waals surface area contributed by atoms with Crippen molar-refractivity contribution in [2.24, 2.45) is 0 Å². The largest absolute Gasteiger partial charge is 0.423 e. The highest BCUT2D eigenvalue weighted by Crippen LogP contribution is 2.25. The van der Waals surface area contributed by atoms with Crippen LogP contribution >= 0.6 is 23.2 Å². The van der Waals surface area contributed by atoms with Crippen LogP contribution in [-0.4, -0.2) is 5.97 Å². The van der Waals surface area contributed by atoms with Crippen LogP contribution < -0.4 is 4.74 Å². The maximum Gasteiger partial charge on any atom is 0.348 e. The first-order valence-corrected chi connectivity index (χ1v) is 8.87. The Bertz CT molecular complexity index is 1100. The van der Waals surface area contributed by atoms with Gasteiger partial charge in [0.25, 0.3) is 0 Å². The number of rotatable bonds is 4. The van der Waals surface area contributed by atoms with E-state index in [4.69, 9.17) is 27.9 Å². The lowest BCUT2D eigenvalue weighted by Crippen LogP contribution is -2.11. The second kappa shape index (κ2) is 8.71. The van der Waals surface area contributed by atoms with Crippen LogP contribution in [-0.2, 0) is 0 Å². The van der Waals surface area contributed by atoms with E-state index < -0.39 is 11.8 Å². The molecule has 3 aromatic carbocycles. The predicted molar refractivity (Wildman–Crippen MR) is 108 cm³/mol. The summed E-state index contributed by atoms with van der Waals surface area (Å²) in [6.07, 6.45) is 1.64. The summed E-state index contributed by atoms with van der Waals surface area (Å²) in [7, 11) is 0. The molecular formula is C22H12Cl2FNO2. The molecule has 0 atom stereocenters. The van der Waals surface area contributed by atoms with Gasteiger partial charge in [0.05, 0.1) is 16.7 Å². The van der Waals surface area contributed by atoms with Gasteiger partial charge in [-0.25, -0.2) is 9.18 Å². The highest BCUT2D eigenvalue weighted by Gasteiger charge is 2.18. The van der Waals surface area contributed by atoms with Gasteiger partial charge in [0, 0.05) is 5.02 Å². The van der Waals surface area contributed by atoms with Crippen molar-refractivity contribution in [3.8, 4) is 11.8 Å². The first kappa shape index (κ1) is 19.6. The van der Waals surface area contributed by atoms with Crippen LogP contribution in [0.4, 0.5) is 4.39 Å². The number of carbonyl (C=O) groups is 1. The summed E-state index contributed by atoms with van der Waals surface area (Å²) < 4.78 is 19.1. The van der Waals surface area contributed by atoms with E-state index >= 15 is 0 Å². The molecular weight excluding hydrogens is 400 g/mol. The second-order valence-corrected chi connectivity index (χ2v) is 6.58. The van der Waals surface area contributed by atoms with E-state index in [2.05, 4.69) is 6.07 Å². The van der Waals surface area contributed by atoms with E-state index in [0.717, 1.165) is 6.07 Å². The van der Waals surface area contributed by atoms with Crippen molar-refractivity contribution in [3.63, 3.8) is 0 Å². The Hall–Kier alpha value is -3.13. The minimum atomic E-state index is -0.903. The van der Waals surface area contributed by atoms with Crippen LogP contribution in [0.2, 0.25) is 10.0 Å². The van der Waals surface area contributed by atoms with Crippen LogP contribution in [0.5, 0.6) is 5.75 Å². The number of allylic oxidation sites excluding steroid dienone is 1. The standard InChI is InChI=1S/C22H12Cl2FNO2/c23-17-6-2-5-15(12-17)16(13-26)10-14-4-1-7-18(11-14)28-22(27)21-19(24)8-3-9-20(21)25/h1-12H/b16-10-. The van der Waals surface area contributed by atoms with Gasteiger partial charge < -0.3 is 4.74 Å². The monoisotopic (exact) mass is 411 g/mol. The summed E-state index contributed by atoms with van der Waals surface area (Å²) in [5.74, 6) is -1.47. The topological polar surface area (TPSA) is 50.1 Å². The zero-order chi connectivity index (χ0) is 20.1. The molecule has 0 aliphatic rings. The molecule has 0 saturated carbocycles. The highest BCUT2D eigenvalue weighted by atomic mass is 35.5. The summed E-state index contributed by atoms with van der Waals surface area (Å²) in [4.78, 5) is 12.3. The Morgan fingerprint density at radius 1 is 1.04 bits per heavy atom. The zero-order valence-electron chi connectivity index (χ0n) is 14.3. The van der Waals surface area contributed by atoms with E-state index in [9.17, 15) is 14.4 Å². The van der Waals surface area contributed by atoms with Gasteiger partial charge in [-0.1, -0.05) is 53.5 Å². The molecule has 0 N–H and O–H groups in total. The lowest BCUT2D eigenvalue weighted by Gasteiger charge is -2.07. The summed E-state index contributed by atoms with van der Waals surface area (Å²) in [6.45, 7) is 0. The lowest BCUT2D eigenvalue weighted by atomic mass is 10.0. The van der Waals surface area contributed by atoms with Gasteiger partial charge >= 0.3 is 5.97 Å². The average molecular weight is 412 g/mol. The third kappa shape index (κ3) is 4.58. The fraction of sp³-hybridized carbons (Fsp3) is 0. The molecule has 0 bridgehead atoms. The van der Waals surface area contributed by atoms with Gasteiger partial charge in [-0.2, -0.15) is 5.26 Å². The summed E-state index contributed by atoms with van der Waals surface area (Å²) in [5.41, 5.74) is 1.35. The number of hydrogen-bond donors (Lipinski definition) is 0. The molecule has 3 nitrogen and oxygen atoms in total. The maximum atomic E-state index is 13.9. The Morgan fingerprint density at radius 3 is 2.50 bits per heavy atom. The SMILES string of the molecule is N#C/C(=C/c1cccc(OC(=O)c2c(F)cccc2Cl)c1)c1cccc(Cl)c1. The molecule has 0 amide bonds. The van der Waals surface area contributed by atoms with Crippen molar-refractivity contribution in [3.05, 3.63) is 99.3 Å². The lowest BCUT2D eigenvalue weighted by molar-refractivity contribution is 0.0730.